The van der Waals surface area contributed by atoms with Crippen molar-refractivity contribution in [2.75, 3.05) is 0 Å². The monoisotopic (exact) mass is 616 g/mol. The molecule has 0 aliphatic heterocycles. The summed E-state index contributed by atoms with van der Waals surface area (Å²) in [4.78, 5) is 0. The lowest BCUT2D eigenvalue weighted by Crippen LogP contribution is -1.94. The van der Waals surface area contributed by atoms with E-state index in [9.17, 15) is 11.0 Å². The molecule has 0 aliphatic carbocycles. The topological polar surface area (TPSA) is 13.1 Å². The van der Waals surface area contributed by atoms with Gasteiger partial charge in [-0.15, -0.1) is 0 Å². The fraction of sp³-hybridized carbons (Fsp3) is 0. The number of hydrogen-bond acceptors (Lipinski definition) is 1. The molecule has 1 heteroatoms. The number of para-hydroxylation sites is 1. The molecule has 47 heavy (non-hydrogen) atoms. The first-order chi connectivity index (χ1) is 31.6. The zero-order valence-corrected chi connectivity index (χ0v) is 24.0. The van der Waals surface area contributed by atoms with Gasteiger partial charge in [0.25, 0.3) is 0 Å². The summed E-state index contributed by atoms with van der Waals surface area (Å²) in [5.41, 5.74) is -0.820. The highest BCUT2D eigenvalue weighted by Crippen LogP contribution is 2.50. The Morgan fingerprint density at radius 1 is 0.340 bits per heavy atom. The second-order valence-corrected chi connectivity index (χ2v) is 10.9. The first kappa shape index (κ1) is 13.3. The third-order valence-electron chi connectivity index (χ3n) is 8.44. The van der Waals surface area contributed by atoms with Crippen LogP contribution >= 0.6 is 0 Å². The van der Waals surface area contributed by atoms with Crippen molar-refractivity contribution in [3.8, 4) is 33.4 Å². The van der Waals surface area contributed by atoms with Gasteiger partial charge >= 0.3 is 0 Å². The standard InChI is InChI=1S/C46H28O/c1-3-17-31-29(13-1)15-9-22-33(31)43-35-19-5-6-20-37(35)45(34-23-10-16-30-14-2-4-18-32(30)34)46-38(24-11-26-40(43)46)36-25-12-28-42-44(36)39-21-7-8-27-41(39)47-42/h1-28H/i1D,2D,3D,4D,5D,6D,9D,10D,11D,13D,14D,15D,16D,17D,18D,19D,20D,22D,23D,26D. The predicted octanol–water partition coefficient (Wildman–Crippen LogP) is 13.2. The lowest BCUT2D eigenvalue weighted by Gasteiger charge is -2.22. The van der Waals surface area contributed by atoms with Crippen LogP contribution in [0, 0.1) is 0 Å². The summed E-state index contributed by atoms with van der Waals surface area (Å²) in [5.74, 6) is 0. The highest BCUT2D eigenvalue weighted by Gasteiger charge is 2.23. The summed E-state index contributed by atoms with van der Waals surface area (Å²) in [7, 11) is 0. The average Bonchev–Trinajstić information content (AvgIpc) is 3.70. The number of furan rings is 1. The van der Waals surface area contributed by atoms with Gasteiger partial charge in [0.1, 0.15) is 11.2 Å². The van der Waals surface area contributed by atoms with E-state index < -0.39 is 175 Å². The minimum Gasteiger partial charge on any atom is -0.456 e. The fourth-order valence-electron chi connectivity index (χ4n) is 6.55. The molecule has 1 nitrogen and oxygen atoms in total. The molecule has 0 spiro atoms. The molecule has 218 valence electrons. The molecule has 0 saturated heterocycles. The van der Waals surface area contributed by atoms with Crippen molar-refractivity contribution in [1.82, 2.24) is 0 Å². The van der Waals surface area contributed by atoms with E-state index in [-0.39, 0.29) is 22.1 Å². The molecule has 0 atom stereocenters. The van der Waals surface area contributed by atoms with Crippen molar-refractivity contribution in [2.24, 2.45) is 0 Å². The molecule has 0 unspecified atom stereocenters. The van der Waals surface area contributed by atoms with Gasteiger partial charge in [-0.2, -0.15) is 0 Å². The minimum atomic E-state index is -0.867. The Kier molecular flexibility index (Phi) is 2.87. The average molecular weight is 617 g/mol. The van der Waals surface area contributed by atoms with Crippen LogP contribution in [0.2, 0.25) is 0 Å². The Labute approximate surface area is 300 Å². The SMILES string of the molecule is [2H]c1cc(-c2cccc3oc4ccccc4c23)c2c(-c3c([2H])c([2H])c([2H])c4c([2H])c([2H])c([2H])c([2H])c34)c3c([2H])c([2H])c([2H])c([2H])c3c(-c3c([2H])c([2H])c([2H])c4c([2H])c([2H])c([2H])c([2H])c34)c2c1[2H]. The smallest absolute Gasteiger partial charge is 0.136 e. The molecule has 0 radical (unpaired) electrons. The van der Waals surface area contributed by atoms with Gasteiger partial charge < -0.3 is 4.42 Å². The van der Waals surface area contributed by atoms with Crippen molar-refractivity contribution in [1.29, 1.82) is 0 Å². The molecule has 0 N–H and O–H groups in total. The van der Waals surface area contributed by atoms with E-state index in [0.29, 0.717) is 21.9 Å². The zero-order valence-electron chi connectivity index (χ0n) is 44.0. The minimum absolute atomic E-state index is 0.0227. The lowest BCUT2D eigenvalue weighted by atomic mass is 9.81. The molecule has 10 aromatic rings. The Morgan fingerprint density at radius 3 is 1.64 bits per heavy atom. The summed E-state index contributed by atoms with van der Waals surface area (Å²) in [5, 5.41) is -2.65. The van der Waals surface area contributed by atoms with E-state index in [4.69, 9.17) is 20.9 Å². The van der Waals surface area contributed by atoms with Crippen molar-refractivity contribution in [3.05, 3.63) is 169 Å². The van der Waals surface area contributed by atoms with Crippen LogP contribution < -0.4 is 0 Å². The van der Waals surface area contributed by atoms with Crippen molar-refractivity contribution < 1.29 is 31.8 Å². The predicted molar refractivity (Wildman–Crippen MR) is 200 cm³/mol. The van der Waals surface area contributed by atoms with Crippen LogP contribution in [0.1, 0.15) is 27.4 Å². The molecule has 1 aromatic heterocycles. The highest BCUT2D eigenvalue weighted by atomic mass is 16.3. The molecule has 10 rings (SSSR count). The summed E-state index contributed by atoms with van der Waals surface area (Å²) in [6, 6.07) is -2.40. The largest absolute Gasteiger partial charge is 0.456 e. The molecule has 0 saturated carbocycles. The van der Waals surface area contributed by atoms with Crippen LogP contribution in [0.5, 0.6) is 0 Å². The quantitative estimate of drug-likeness (QED) is 0.180. The number of rotatable bonds is 3. The van der Waals surface area contributed by atoms with Gasteiger partial charge in [-0.05, 0) is 88.6 Å². The van der Waals surface area contributed by atoms with E-state index in [0.717, 1.165) is 0 Å². The van der Waals surface area contributed by atoms with Gasteiger partial charge in [0.05, 0.1) is 27.4 Å². The van der Waals surface area contributed by atoms with Crippen LogP contribution in [-0.2, 0) is 0 Å². The second kappa shape index (κ2) is 10.2. The Bertz CT molecular complexity index is 3970. The van der Waals surface area contributed by atoms with Crippen LogP contribution in [0.15, 0.2) is 174 Å². The van der Waals surface area contributed by atoms with Gasteiger partial charge in [0, 0.05) is 10.8 Å². The molecule has 0 fully saturated rings. The first-order valence-electron chi connectivity index (χ1n) is 24.6. The Morgan fingerprint density at radius 2 is 0.894 bits per heavy atom. The Balaban J connectivity index is 1.65. The van der Waals surface area contributed by atoms with Gasteiger partial charge in [-0.25, -0.2) is 0 Å². The number of benzene rings is 9. The molecule has 0 aliphatic rings. The van der Waals surface area contributed by atoms with E-state index >= 15 is 0 Å². The molecular weight excluding hydrogens is 569 g/mol. The summed E-state index contributed by atoms with van der Waals surface area (Å²) >= 11 is 0. The van der Waals surface area contributed by atoms with Gasteiger partial charge in [-0.3, -0.25) is 0 Å². The molecule has 1 heterocycles. The van der Waals surface area contributed by atoms with Gasteiger partial charge in [0.15, 0.2) is 0 Å². The highest BCUT2D eigenvalue weighted by molar-refractivity contribution is 6.29. The molecule has 0 amide bonds. The third-order valence-corrected chi connectivity index (χ3v) is 8.44. The number of fused-ring (bicyclic) bond motifs is 7. The maximum atomic E-state index is 9.80. The normalized spacial score (nSPS) is 17.8. The molecule has 0 bridgehead atoms. The van der Waals surface area contributed by atoms with E-state index in [2.05, 4.69) is 0 Å². The summed E-state index contributed by atoms with van der Waals surface area (Å²) < 4.78 is 189. The third kappa shape index (κ3) is 3.84. The molecular formula is C46H28O. The van der Waals surface area contributed by atoms with Crippen molar-refractivity contribution in [2.45, 2.75) is 0 Å². The lowest BCUT2D eigenvalue weighted by molar-refractivity contribution is 0.669. The molecule has 9 aromatic carbocycles. The van der Waals surface area contributed by atoms with Crippen LogP contribution in [0.25, 0.3) is 98.4 Å². The summed E-state index contributed by atoms with van der Waals surface area (Å²) in [6.45, 7) is 0. The maximum absolute atomic E-state index is 9.80. The van der Waals surface area contributed by atoms with Crippen molar-refractivity contribution >= 4 is 65.0 Å². The van der Waals surface area contributed by atoms with Crippen LogP contribution in [0.3, 0.4) is 0 Å². The van der Waals surface area contributed by atoms with E-state index in [1.54, 1.807) is 42.5 Å². The second-order valence-electron chi connectivity index (χ2n) is 10.9. The zero-order chi connectivity index (χ0) is 48.3. The summed E-state index contributed by atoms with van der Waals surface area (Å²) in [6.07, 6.45) is 0. The van der Waals surface area contributed by atoms with Gasteiger partial charge in [-0.1, -0.05) is 157 Å². The van der Waals surface area contributed by atoms with Crippen LogP contribution in [-0.4, -0.2) is 0 Å². The van der Waals surface area contributed by atoms with E-state index in [1.807, 2.05) is 0 Å². The maximum Gasteiger partial charge on any atom is 0.136 e. The van der Waals surface area contributed by atoms with E-state index in [1.165, 1.54) is 6.07 Å². The first-order valence-corrected chi connectivity index (χ1v) is 14.6. The van der Waals surface area contributed by atoms with Gasteiger partial charge in [0.2, 0.25) is 0 Å². The van der Waals surface area contributed by atoms with Crippen molar-refractivity contribution in [3.63, 3.8) is 0 Å². The fourth-order valence-corrected chi connectivity index (χ4v) is 6.55. The number of hydrogen-bond donors (Lipinski definition) is 0. The van der Waals surface area contributed by atoms with Crippen LogP contribution in [0.4, 0.5) is 0 Å². The Hall–Kier alpha value is -6.18.